The predicted octanol–water partition coefficient (Wildman–Crippen LogP) is 1.91. The Labute approximate surface area is 93.3 Å². The summed E-state index contributed by atoms with van der Waals surface area (Å²) in [6, 6.07) is 9.45. The van der Waals surface area contributed by atoms with E-state index in [-0.39, 0.29) is 5.91 Å². The van der Waals surface area contributed by atoms with E-state index in [2.05, 4.69) is 15.0 Å². The number of amides is 1. The summed E-state index contributed by atoms with van der Waals surface area (Å²) in [7, 11) is 0. The van der Waals surface area contributed by atoms with Gasteiger partial charge in [0.05, 0.1) is 0 Å². The van der Waals surface area contributed by atoms with Crippen molar-refractivity contribution in [2.45, 2.75) is 13.5 Å². The second kappa shape index (κ2) is 4.61. The second-order valence-corrected chi connectivity index (χ2v) is 3.49. The molecule has 1 aromatic heterocycles. The molecule has 2 aromatic rings. The van der Waals surface area contributed by atoms with E-state index >= 15 is 0 Å². The minimum Gasteiger partial charge on any atom is -0.364 e. The number of hydrogen-bond acceptors (Lipinski definition) is 3. The van der Waals surface area contributed by atoms with Gasteiger partial charge in [-0.25, -0.2) is 0 Å². The first-order valence-electron chi connectivity index (χ1n) is 5.00. The van der Waals surface area contributed by atoms with Crippen LogP contribution < -0.4 is 5.32 Å². The van der Waals surface area contributed by atoms with Crippen molar-refractivity contribution >= 4 is 5.91 Å². The van der Waals surface area contributed by atoms with Gasteiger partial charge in [0.2, 0.25) is 0 Å². The molecule has 0 spiro atoms. The number of nitrogens with zero attached hydrogens (tertiary/aromatic N) is 1. The summed E-state index contributed by atoms with van der Waals surface area (Å²) in [6.45, 7) is 2.51. The molecule has 0 aliphatic heterocycles. The highest BCUT2D eigenvalue weighted by Crippen LogP contribution is 2.06. The Balaban J connectivity index is 1.98. The summed E-state index contributed by atoms with van der Waals surface area (Å²) in [5.74, 6) is -0.225. The number of rotatable bonds is 3. The average Bonchev–Trinajstić information content (AvgIpc) is 2.81. The van der Waals surface area contributed by atoms with Crippen LogP contribution in [0, 0.1) is 6.92 Å². The molecule has 1 amide bonds. The Morgan fingerprint density at radius 3 is 2.88 bits per heavy atom. The molecule has 82 valence electrons. The normalized spacial score (nSPS) is 10.1. The van der Waals surface area contributed by atoms with Gasteiger partial charge >= 0.3 is 0 Å². The molecule has 1 N–H and O–H groups in total. The van der Waals surface area contributed by atoms with E-state index in [0.717, 1.165) is 11.1 Å². The number of aromatic nitrogens is 1. The molecule has 0 aliphatic rings. The van der Waals surface area contributed by atoms with Gasteiger partial charge in [-0.3, -0.25) is 4.79 Å². The molecular formula is C12H12N2O2. The summed E-state index contributed by atoms with van der Waals surface area (Å²) < 4.78 is 4.60. The van der Waals surface area contributed by atoms with Crippen LogP contribution in [0.4, 0.5) is 0 Å². The van der Waals surface area contributed by atoms with Gasteiger partial charge in [0.15, 0.2) is 5.69 Å². The lowest BCUT2D eigenvalue weighted by molar-refractivity contribution is 0.0942. The first kappa shape index (κ1) is 10.4. The van der Waals surface area contributed by atoms with E-state index in [9.17, 15) is 4.79 Å². The zero-order valence-corrected chi connectivity index (χ0v) is 8.93. The lowest BCUT2D eigenvalue weighted by Gasteiger charge is -2.05. The quantitative estimate of drug-likeness (QED) is 0.852. The fourth-order valence-electron chi connectivity index (χ4n) is 1.40. The van der Waals surface area contributed by atoms with Crippen LogP contribution in [-0.2, 0) is 6.54 Å². The molecule has 0 radical (unpaired) electrons. The van der Waals surface area contributed by atoms with Gasteiger partial charge in [0, 0.05) is 12.6 Å². The minimum atomic E-state index is -0.225. The number of nitrogens with one attached hydrogen (secondary N) is 1. The molecule has 1 aromatic carbocycles. The molecule has 4 nitrogen and oxygen atoms in total. The van der Waals surface area contributed by atoms with Crippen LogP contribution in [0.5, 0.6) is 0 Å². The third-order valence-electron chi connectivity index (χ3n) is 2.37. The van der Waals surface area contributed by atoms with Crippen molar-refractivity contribution in [3.05, 3.63) is 53.4 Å². The van der Waals surface area contributed by atoms with E-state index in [1.165, 1.54) is 12.3 Å². The highest BCUT2D eigenvalue weighted by Gasteiger charge is 2.08. The Bertz CT molecular complexity index is 478. The molecule has 16 heavy (non-hydrogen) atoms. The summed E-state index contributed by atoms with van der Waals surface area (Å²) in [6.07, 6.45) is 1.38. The second-order valence-electron chi connectivity index (χ2n) is 3.49. The molecule has 0 bridgehead atoms. The van der Waals surface area contributed by atoms with Crippen LogP contribution >= 0.6 is 0 Å². The van der Waals surface area contributed by atoms with Crippen molar-refractivity contribution in [3.8, 4) is 0 Å². The lowest BCUT2D eigenvalue weighted by Crippen LogP contribution is -2.23. The summed E-state index contributed by atoms with van der Waals surface area (Å²) in [4.78, 5) is 11.6. The maximum absolute atomic E-state index is 11.6. The highest BCUT2D eigenvalue weighted by atomic mass is 16.5. The van der Waals surface area contributed by atoms with Crippen LogP contribution in [0.3, 0.4) is 0 Å². The third kappa shape index (κ3) is 2.28. The Morgan fingerprint density at radius 1 is 1.38 bits per heavy atom. The van der Waals surface area contributed by atoms with Gasteiger partial charge in [-0.05, 0) is 18.1 Å². The van der Waals surface area contributed by atoms with Gasteiger partial charge < -0.3 is 9.84 Å². The van der Waals surface area contributed by atoms with Gasteiger partial charge in [0.25, 0.3) is 5.91 Å². The molecular weight excluding hydrogens is 204 g/mol. The summed E-state index contributed by atoms with van der Waals surface area (Å²) >= 11 is 0. The summed E-state index contributed by atoms with van der Waals surface area (Å²) in [5.41, 5.74) is 2.55. The van der Waals surface area contributed by atoms with E-state index in [1.54, 1.807) is 0 Å². The Kier molecular flexibility index (Phi) is 3.00. The van der Waals surface area contributed by atoms with Crippen molar-refractivity contribution in [1.82, 2.24) is 10.5 Å². The fourth-order valence-corrected chi connectivity index (χ4v) is 1.40. The standard InChI is InChI=1S/C12H12N2O2/c1-9-4-2-3-5-10(9)8-13-12(15)11-6-7-16-14-11/h2-7H,8H2,1H3,(H,13,15). The van der Waals surface area contributed by atoms with E-state index in [1.807, 2.05) is 31.2 Å². The first-order chi connectivity index (χ1) is 7.77. The van der Waals surface area contributed by atoms with Gasteiger partial charge in [-0.15, -0.1) is 0 Å². The monoisotopic (exact) mass is 216 g/mol. The van der Waals surface area contributed by atoms with Crippen molar-refractivity contribution in [1.29, 1.82) is 0 Å². The molecule has 0 atom stereocenters. The topological polar surface area (TPSA) is 55.1 Å². The van der Waals surface area contributed by atoms with Crippen LogP contribution in [0.25, 0.3) is 0 Å². The molecule has 0 unspecified atom stereocenters. The van der Waals surface area contributed by atoms with Crippen molar-refractivity contribution < 1.29 is 9.32 Å². The van der Waals surface area contributed by atoms with Gasteiger partial charge in [-0.1, -0.05) is 29.4 Å². The molecule has 0 saturated carbocycles. The Morgan fingerprint density at radius 2 is 2.19 bits per heavy atom. The maximum atomic E-state index is 11.6. The lowest BCUT2D eigenvalue weighted by atomic mass is 10.1. The van der Waals surface area contributed by atoms with Crippen LogP contribution in [0.15, 0.2) is 41.1 Å². The number of carbonyl (C=O) groups is 1. The first-order valence-corrected chi connectivity index (χ1v) is 5.00. The average molecular weight is 216 g/mol. The van der Waals surface area contributed by atoms with E-state index < -0.39 is 0 Å². The van der Waals surface area contributed by atoms with Crippen LogP contribution in [0.2, 0.25) is 0 Å². The molecule has 1 heterocycles. The zero-order valence-electron chi connectivity index (χ0n) is 8.93. The van der Waals surface area contributed by atoms with E-state index in [0.29, 0.717) is 12.2 Å². The molecule has 2 rings (SSSR count). The highest BCUT2D eigenvalue weighted by molar-refractivity contribution is 5.91. The Hall–Kier alpha value is -2.10. The van der Waals surface area contributed by atoms with E-state index in [4.69, 9.17) is 0 Å². The van der Waals surface area contributed by atoms with Gasteiger partial charge in [-0.2, -0.15) is 0 Å². The molecule has 4 heteroatoms. The number of aryl methyl sites for hydroxylation is 1. The van der Waals surface area contributed by atoms with Crippen LogP contribution in [-0.4, -0.2) is 11.1 Å². The number of hydrogen-bond donors (Lipinski definition) is 1. The third-order valence-corrected chi connectivity index (χ3v) is 2.37. The van der Waals surface area contributed by atoms with Crippen molar-refractivity contribution in [2.24, 2.45) is 0 Å². The molecule has 0 aliphatic carbocycles. The van der Waals surface area contributed by atoms with Crippen molar-refractivity contribution in [3.63, 3.8) is 0 Å². The number of carbonyl (C=O) groups excluding carboxylic acids is 1. The number of benzene rings is 1. The largest absolute Gasteiger partial charge is 0.364 e. The zero-order chi connectivity index (χ0) is 11.4. The predicted molar refractivity (Wildman–Crippen MR) is 58.9 cm³/mol. The van der Waals surface area contributed by atoms with Gasteiger partial charge in [0.1, 0.15) is 6.26 Å². The summed E-state index contributed by atoms with van der Waals surface area (Å²) in [5, 5.41) is 6.34. The van der Waals surface area contributed by atoms with Crippen LogP contribution in [0.1, 0.15) is 21.6 Å². The van der Waals surface area contributed by atoms with Crippen molar-refractivity contribution in [2.75, 3.05) is 0 Å². The molecule has 0 saturated heterocycles. The SMILES string of the molecule is Cc1ccccc1CNC(=O)c1ccon1. The fraction of sp³-hybridized carbons (Fsp3) is 0.167. The smallest absolute Gasteiger partial charge is 0.273 e. The molecule has 0 fully saturated rings. The maximum Gasteiger partial charge on any atom is 0.273 e. The minimum absolute atomic E-state index is 0.225.